The van der Waals surface area contributed by atoms with Crippen LogP contribution in [0.25, 0.3) is 0 Å². The zero-order chi connectivity index (χ0) is 14.8. The molecule has 1 aromatic rings. The Balaban J connectivity index is 3.06. The Kier molecular flexibility index (Phi) is 4.52. The Labute approximate surface area is 108 Å². The molecule has 0 radical (unpaired) electrons. The van der Waals surface area contributed by atoms with E-state index < -0.39 is 23.5 Å². The van der Waals surface area contributed by atoms with Crippen molar-refractivity contribution in [3.8, 4) is 0 Å². The van der Waals surface area contributed by atoms with Crippen LogP contribution in [0.5, 0.6) is 0 Å². The first-order chi connectivity index (χ1) is 8.62. The molecule has 3 nitrogen and oxygen atoms in total. The average molecular weight is 278 g/mol. The fraction of sp³-hybridized carbons (Fsp3) is 0.417. The summed E-state index contributed by atoms with van der Waals surface area (Å²) in [5.74, 6) is -2.04. The molecule has 1 unspecified atom stereocenters. The molecule has 0 heterocycles. The van der Waals surface area contributed by atoms with Crippen molar-refractivity contribution < 1.29 is 22.4 Å². The molecule has 0 aliphatic heterocycles. The molecule has 106 valence electrons. The second-order valence-corrected chi connectivity index (χ2v) is 4.36. The largest absolute Gasteiger partial charge is 0.419 e. The molecule has 0 bridgehead atoms. The molecule has 0 aliphatic carbocycles. The van der Waals surface area contributed by atoms with E-state index in [0.717, 1.165) is 6.07 Å². The Morgan fingerprint density at radius 3 is 2.47 bits per heavy atom. The van der Waals surface area contributed by atoms with Crippen molar-refractivity contribution >= 4 is 5.91 Å². The molecule has 0 aromatic heterocycles. The predicted molar refractivity (Wildman–Crippen MR) is 62.0 cm³/mol. The maximum absolute atomic E-state index is 13.1. The van der Waals surface area contributed by atoms with Gasteiger partial charge in [-0.2, -0.15) is 13.2 Å². The van der Waals surface area contributed by atoms with Crippen LogP contribution >= 0.6 is 0 Å². The molecule has 2 N–H and O–H groups in total. The minimum atomic E-state index is -4.83. The summed E-state index contributed by atoms with van der Waals surface area (Å²) in [6, 6.07) is 1.85. The molecule has 1 aromatic carbocycles. The molecular formula is C12H14F4N2O. The first-order valence-corrected chi connectivity index (χ1v) is 5.50. The van der Waals surface area contributed by atoms with Gasteiger partial charge in [-0.3, -0.25) is 4.79 Å². The van der Waals surface area contributed by atoms with Gasteiger partial charge in [0.25, 0.3) is 5.91 Å². The Morgan fingerprint density at radius 2 is 2.00 bits per heavy atom. The quantitative estimate of drug-likeness (QED) is 0.862. The molecule has 1 amide bonds. The number of nitrogens with two attached hydrogens (primary N) is 1. The lowest BCUT2D eigenvalue weighted by atomic mass is 10.1. The normalized spacial score (nSPS) is 13.2. The second-order valence-electron chi connectivity index (χ2n) is 4.36. The van der Waals surface area contributed by atoms with Crippen LogP contribution in [0, 0.1) is 5.82 Å². The lowest BCUT2D eigenvalue weighted by Gasteiger charge is -2.20. The number of benzene rings is 1. The van der Waals surface area contributed by atoms with Gasteiger partial charge in [0.15, 0.2) is 0 Å². The number of nitrogens with zero attached hydrogens (tertiary/aromatic N) is 1. The van der Waals surface area contributed by atoms with Gasteiger partial charge in [0.2, 0.25) is 0 Å². The third-order valence-electron chi connectivity index (χ3n) is 2.43. The van der Waals surface area contributed by atoms with Crippen molar-refractivity contribution in [3.05, 3.63) is 35.1 Å². The van der Waals surface area contributed by atoms with Crippen LogP contribution in [-0.2, 0) is 6.18 Å². The van der Waals surface area contributed by atoms with E-state index in [0.29, 0.717) is 12.1 Å². The molecule has 1 atom stereocenters. The van der Waals surface area contributed by atoms with Crippen molar-refractivity contribution in [2.45, 2.75) is 19.1 Å². The highest BCUT2D eigenvalue weighted by atomic mass is 19.4. The monoisotopic (exact) mass is 278 g/mol. The maximum atomic E-state index is 13.1. The van der Waals surface area contributed by atoms with Gasteiger partial charge in [0.05, 0.1) is 5.56 Å². The lowest BCUT2D eigenvalue weighted by molar-refractivity contribution is -0.140. The highest BCUT2D eigenvalue weighted by Gasteiger charge is 2.34. The van der Waals surface area contributed by atoms with Gasteiger partial charge in [-0.05, 0) is 25.1 Å². The van der Waals surface area contributed by atoms with Gasteiger partial charge in [0, 0.05) is 25.2 Å². The summed E-state index contributed by atoms with van der Waals surface area (Å²) >= 11 is 0. The van der Waals surface area contributed by atoms with Crippen molar-refractivity contribution in [3.63, 3.8) is 0 Å². The van der Waals surface area contributed by atoms with Crippen molar-refractivity contribution in [2.75, 3.05) is 13.6 Å². The molecule has 0 saturated carbocycles. The number of alkyl halides is 3. The zero-order valence-electron chi connectivity index (χ0n) is 10.5. The van der Waals surface area contributed by atoms with E-state index >= 15 is 0 Å². The van der Waals surface area contributed by atoms with Crippen LogP contribution in [0.15, 0.2) is 18.2 Å². The number of likely N-dealkylation sites (N-methyl/N-ethyl adjacent to an activating group) is 1. The topological polar surface area (TPSA) is 46.3 Å². The van der Waals surface area contributed by atoms with Gasteiger partial charge in [-0.1, -0.05) is 0 Å². The first kappa shape index (κ1) is 15.4. The summed E-state index contributed by atoms with van der Waals surface area (Å²) < 4.78 is 50.6. The van der Waals surface area contributed by atoms with E-state index in [1.165, 1.54) is 11.9 Å². The van der Waals surface area contributed by atoms with Crippen LogP contribution in [0.1, 0.15) is 22.8 Å². The van der Waals surface area contributed by atoms with Crippen LogP contribution in [-0.4, -0.2) is 30.4 Å². The zero-order valence-corrected chi connectivity index (χ0v) is 10.5. The summed E-state index contributed by atoms with van der Waals surface area (Å²) in [5, 5.41) is 0. The summed E-state index contributed by atoms with van der Waals surface area (Å²) in [7, 11) is 1.42. The van der Waals surface area contributed by atoms with Crippen LogP contribution < -0.4 is 5.73 Å². The molecular weight excluding hydrogens is 264 g/mol. The van der Waals surface area contributed by atoms with Crippen molar-refractivity contribution in [2.24, 2.45) is 5.73 Å². The summed E-state index contributed by atoms with van der Waals surface area (Å²) in [6.45, 7) is 1.85. The first-order valence-electron chi connectivity index (χ1n) is 5.50. The predicted octanol–water partition coefficient (Wildman–Crippen LogP) is 2.26. The second kappa shape index (κ2) is 5.56. The number of halogens is 4. The Bertz CT molecular complexity index is 471. The number of hydrogen-bond donors (Lipinski definition) is 1. The molecule has 19 heavy (non-hydrogen) atoms. The molecule has 0 aliphatic rings. The Morgan fingerprint density at radius 1 is 1.42 bits per heavy atom. The summed E-state index contributed by atoms with van der Waals surface area (Å²) in [5.41, 5.74) is 3.82. The molecule has 0 spiro atoms. The lowest BCUT2D eigenvalue weighted by Crippen LogP contribution is -2.37. The molecule has 0 saturated heterocycles. The highest BCUT2D eigenvalue weighted by Crippen LogP contribution is 2.32. The smallest absolute Gasteiger partial charge is 0.340 e. The fourth-order valence-electron chi connectivity index (χ4n) is 1.61. The van der Waals surface area contributed by atoms with Gasteiger partial charge in [-0.25, -0.2) is 4.39 Å². The van der Waals surface area contributed by atoms with Gasteiger partial charge >= 0.3 is 6.18 Å². The molecule has 7 heteroatoms. The van der Waals surface area contributed by atoms with Gasteiger partial charge in [0.1, 0.15) is 5.82 Å². The van der Waals surface area contributed by atoms with Gasteiger partial charge < -0.3 is 10.6 Å². The highest BCUT2D eigenvalue weighted by molar-refractivity contribution is 5.94. The third kappa shape index (κ3) is 3.92. The van der Waals surface area contributed by atoms with Crippen LogP contribution in [0.3, 0.4) is 0 Å². The summed E-state index contributed by atoms with van der Waals surface area (Å²) in [6.07, 6.45) is -4.83. The summed E-state index contributed by atoms with van der Waals surface area (Å²) in [4.78, 5) is 13.0. The minimum Gasteiger partial charge on any atom is -0.340 e. The number of carbonyl (C=O) groups is 1. The SMILES string of the molecule is CC(N)CN(C)C(=O)c1ccc(F)c(C(F)(F)F)c1. The van der Waals surface area contributed by atoms with E-state index in [1.807, 2.05) is 0 Å². The number of amides is 1. The van der Waals surface area contributed by atoms with E-state index in [4.69, 9.17) is 5.73 Å². The number of carbonyl (C=O) groups excluding carboxylic acids is 1. The molecule has 1 rings (SSSR count). The van der Waals surface area contributed by atoms with E-state index in [9.17, 15) is 22.4 Å². The Hall–Kier alpha value is -1.63. The maximum Gasteiger partial charge on any atom is 0.419 e. The van der Waals surface area contributed by atoms with Crippen molar-refractivity contribution in [1.29, 1.82) is 0 Å². The number of hydrogen-bond acceptors (Lipinski definition) is 2. The molecule has 0 fully saturated rings. The van der Waals surface area contributed by atoms with E-state index in [2.05, 4.69) is 0 Å². The van der Waals surface area contributed by atoms with Crippen LogP contribution in [0.4, 0.5) is 17.6 Å². The third-order valence-corrected chi connectivity index (χ3v) is 2.43. The number of rotatable bonds is 3. The van der Waals surface area contributed by atoms with Gasteiger partial charge in [-0.15, -0.1) is 0 Å². The van der Waals surface area contributed by atoms with E-state index in [1.54, 1.807) is 6.92 Å². The van der Waals surface area contributed by atoms with Crippen LogP contribution in [0.2, 0.25) is 0 Å². The average Bonchev–Trinajstić information content (AvgIpc) is 2.26. The van der Waals surface area contributed by atoms with Crippen molar-refractivity contribution in [1.82, 2.24) is 4.90 Å². The minimum absolute atomic E-state index is 0.192. The van der Waals surface area contributed by atoms with E-state index in [-0.39, 0.29) is 18.2 Å². The fourth-order valence-corrected chi connectivity index (χ4v) is 1.61. The standard InChI is InChI=1S/C12H14F4N2O/c1-7(17)6-18(2)11(19)8-3-4-10(13)9(5-8)12(14,15)16/h3-5,7H,6,17H2,1-2H3.